The molecule has 6 nitrogen and oxygen atoms in total. The Morgan fingerprint density at radius 3 is 2.86 bits per heavy atom. The van der Waals surface area contributed by atoms with Crippen LogP contribution in [-0.2, 0) is 24.3 Å². The Balaban J connectivity index is 1.97. The van der Waals surface area contributed by atoms with E-state index in [4.69, 9.17) is 15.6 Å². The lowest BCUT2D eigenvalue weighted by atomic mass is 10.0. The van der Waals surface area contributed by atoms with Gasteiger partial charge < -0.3 is 15.8 Å². The van der Waals surface area contributed by atoms with E-state index >= 15 is 0 Å². The molecular formula is C16H20N4O2. The quantitative estimate of drug-likeness (QED) is 0.865. The molecule has 0 aliphatic carbocycles. The summed E-state index contributed by atoms with van der Waals surface area (Å²) in [5.74, 6) is 0.521. The summed E-state index contributed by atoms with van der Waals surface area (Å²) in [5, 5.41) is 8.10. The molecule has 1 aromatic carbocycles. The Morgan fingerprint density at radius 1 is 1.41 bits per heavy atom. The van der Waals surface area contributed by atoms with Crippen molar-refractivity contribution in [3.8, 4) is 17.0 Å². The molecule has 0 spiro atoms. The first-order chi connectivity index (χ1) is 10.7. The van der Waals surface area contributed by atoms with Gasteiger partial charge in [-0.3, -0.25) is 9.48 Å². The predicted molar refractivity (Wildman–Crippen MR) is 83.4 cm³/mol. The summed E-state index contributed by atoms with van der Waals surface area (Å²) in [6.45, 7) is 2.26. The minimum atomic E-state index is -0.302. The van der Waals surface area contributed by atoms with Gasteiger partial charge in [-0.1, -0.05) is 0 Å². The number of nitrogens with two attached hydrogens (primary N) is 1. The maximum absolute atomic E-state index is 11.0. The maximum atomic E-state index is 11.0. The molecular weight excluding hydrogens is 280 g/mol. The van der Waals surface area contributed by atoms with Crippen LogP contribution in [0.15, 0.2) is 24.3 Å². The SMILES string of the molecule is COc1ccc(-c2nn(CCC(N)=O)c3c2CNCC3)cc1. The molecule has 0 radical (unpaired) electrons. The number of ether oxygens (including phenoxy) is 1. The molecule has 2 heterocycles. The van der Waals surface area contributed by atoms with Gasteiger partial charge in [0.2, 0.25) is 5.91 Å². The number of methoxy groups -OCH3 is 1. The van der Waals surface area contributed by atoms with E-state index in [-0.39, 0.29) is 5.91 Å². The van der Waals surface area contributed by atoms with Crippen LogP contribution in [0.1, 0.15) is 17.7 Å². The Labute approximate surface area is 129 Å². The van der Waals surface area contributed by atoms with Gasteiger partial charge in [0.1, 0.15) is 5.75 Å². The lowest BCUT2D eigenvalue weighted by Gasteiger charge is -2.15. The van der Waals surface area contributed by atoms with Crippen LogP contribution in [0.2, 0.25) is 0 Å². The largest absolute Gasteiger partial charge is 0.497 e. The first-order valence-electron chi connectivity index (χ1n) is 7.41. The van der Waals surface area contributed by atoms with Crippen LogP contribution in [0.3, 0.4) is 0 Å². The predicted octanol–water partition coefficient (Wildman–Crippen LogP) is 1.08. The van der Waals surface area contributed by atoms with Gasteiger partial charge in [0, 0.05) is 49.3 Å². The molecule has 116 valence electrons. The smallest absolute Gasteiger partial charge is 0.219 e. The zero-order chi connectivity index (χ0) is 15.5. The molecule has 1 aromatic heterocycles. The molecule has 0 atom stereocenters. The average molecular weight is 300 g/mol. The van der Waals surface area contributed by atoms with Gasteiger partial charge in [-0.25, -0.2) is 0 Å². The number of carbonyl (C=O) groups is 1. The van der Waals surface area contributed by atoms with Crippen molar-refractivity contribution < 1.29 is 9.53 Å². The van der Waals surface area contributed by atoms with Crippen molar-refractivity contribution in [2.45, 2.75) is 25.9 Å². The highest BCUT2D eigenvalue weighted by molar-refractivity contribution is 5.73. The van der Waals surface area contributed by atoms with Crippen LogP contribution in [0.5, 0.6) is 5.75 Å². The van der Waals surface area contributed by atoms with Crippen LogP contribution in [0, 0.1) is 0 Å². The van der Waals surface area contributed by atoms with Gasteiger partial charge in [0.15, 0.2) is 0 Å². The van der Waals surface area contributed by atoms with E-state index in [1.807, 2.05) is 28.9 Å². The number of nitrogens with one attached hydrogen (secondary N) is 1. The Bertz CT molecular complexity index is 676. The van der Waals surface area contributed by atoms with Gasteiger partial charge in [-0.2, -0.15) is 5.10 Å². The summed E-state index contributed by atoms with van der Waals surface area (Å²) >= 11 is 0. The monoisotopic (exact) mass is 300 g/mol. The molecule has 0 fully saturated rings. The van der Waals surface area contributed by atoms with Crippen LogP contribution >= 0.6 is 0 Å². The maximum Gasteiger partial charge on any atom is 0.219 e. The molecule has 1 aliphatic heterocycles. The molecule has 3 N–H and O–H groups in total. The van der Waals surface area contributed by atoms with Gasteiger partial charge in [0.05, 0.1) is 12.8 Å². The van der Waals surface area contributed by atoms with Gasteiger partial charge in [-0.15, -0.1) is 0 Å². The number of rotatable bonds is 5. The second-order valence-corrected chi connectivity index (χ2v) is 5.37. The highest BCUT2D eigenvalue weighted by atomic mass is 16.5. The first-order valence-corrected chi connectivity index (χ1v) is 7.41. The molecule has 1 aliphatic rings. The number of aryl methyl sites for hydroxylation is 1. The highest BCUT2D eigenvalue weighted by Gasteiger charge is 2.21. The lowest BCUT2D eigenvalue weighted by molar-refractivity contribution is -0.118. The van der Waals surface area contributed by atoms with Crippen molar-refractivity contribution in [1.29, 1.82) is 0 Å². The lowest BCUT2D eigenvalue weighted by Crippen LogP contribution is -2.25. The topological polar surface area (TPSA) is 82.2 Å². The van der Waals surface area contributed by atoms with Crippen LogP contribution in [0.4, 0.5) is 0 Å². The van der Waals surface area contributed by atoms with Crippen molar-refractivity contribution >= 4 is 5.91 Å². The van der Waals surface area contributed by atoms with Crippen molar-refractivity contribution in [1.82, 2.24) is 15.1 Å². The molecule has 0 saturated heterocycles. The summed E-state index contributed by atoms with van der Waals surface area (Å²) in [6.07, 6.45) is 1.22. The number of hydrogen-bond donors (Lipinski definition) is 2. The third-order valence-electron chi connectivity index (χ3n) is 3.94. The van der Waals surface area contributed by atoms with E-state index in [0.29, 0.717) is 13.0 Å². The van der Waals surface area contributed by atoms with Gasteiger partial charge in [0.25, 0.3) is 0 Å². The van der Waals surface area contributed by atoms with Gasteiger partial charge in [-0.05, 0) is 24.3 Å². The van der Waals surface area contributed by atoms with E-state index in [9.17, 15) is 4.79 Å². The van der Waals surface area contributed by atoms with Crippen molar-refractivity contribution in [3.63, 3.8) is 0 Å². The second-order valence-electron chi connectivity index (χ2n) is 5.37. The van der Waals surface area contributed by atoms with Crippen molar-refractivity contribution in [2.24, 2.45) is 5.73 Å². The van der Waals surface area contributed by atoms with Crippen LogP contribution in [-0.4, -0.2) is 29.3 Å². The fraction of sp³-hybridized carbons (Fsp3) is 0.375. The summed E-state index contributed by atoms with van der Waals surface area (Å²) < 4.78 is 7.13. The van der Waals surface area contributed by atoms with Crippen molar-refractivity contribution in [3.05, 3.63) is 35.5 Å². The Morgan fingerprint density at radius 2 is 2.18 bits per heavy atom. The summed E-state index contributed by atoms with van der Waals surface area (Å²) in [7, 11) is 1.65. The minimum absolute atomic E-state index is 0.302. The zero-order valence-electron chi connectivity index (χ0n) is 12.6. The summed E-state index contributed by atoms with van der Waals surface area (Å²) in [4.78, 5) is 11.0. The van der Waals surface area contributed by atoms with Crippen LogP contribution < -0.4 is 15.8 Å². The number of primary amides is 1. The minimum Gasteiger partial charge on any atom is -0.497 e. The van der Waals surface area contributed by atoms with Crippen LogP contribution in [0.25, 0.3) is 11.3 Å². The van der Waals surface area contributed by atoms with E-state index in [1.165, 1.54) is 11.3 Å². The third-order valence-corrected chi connectivity index (χ3v) is 3.94. The normalized spacial score (nSPS) is 13.7. The third kappa shape index (κ3) is 2.82. The Hall–Kier alpha value is -2.34. The summed E-state index contributed by atoms with van der Waals surface area (Å²) in [5.41, 5.74) is 9.69. The fourth-order valence-corrected chi connectivity index (χ4v) is 2.80. The summed E-state index contributed by atoms with van der Waals surface area (Å²) in [6, 6.07) is 7.88. The standard InChI is InChI=1S/C16H20N4O2/c1-22-12-4-2-11(3-5-12)16-13-10-18-8-6-14(13)20(19-16)9-7-15(17)21/h2-5,18H,6-10H2,1H3,(H2,17,21). The average Bonchev–Trinajstić information content (AvgIpc) is 2.92. The molecule has 2 aromatic rings. The van der Waals surface area contributed by atoms with E-state index in [1.54, 1.807) is 7.11 Å². The first kappa shape index (κ1) is 14.6. The van der Waals surface area contributed by atoms with E-state index in [2.05, 4.69) is 5.32 Å². The van der Waals surface area contributed by atoms with E-state index in [0.717, 1.165) is 36.5 Å². The second kappa shape index (κ2) is 6.19. The van der Waals surface area contributed by atoms with Crippen molar-refractivity contribution in [2.75, 3.05) is 13.7 Å². The molecule has 0 bridgehead atoms. The molecule has 0 saturated carbocycles. The molecule has 6 heteroatoms. The Kier molecular flexibility index (Phi) is 4.11. The number of benzene rings is 1. The number of amides is 1. The highest BCUT2D eigenvalue weighted by Crippen LogP contribution is 2.29. The number of hydrogen-bond acceptors (Lipinski definition) is 4. The van der Waals surface area contributed by atoms with Gasteiger partial charge >= 0.3 is 0 Å². The number of carbonyl (C=O) groups excluding carboxylic acids is 1. The molecule has 22 heavy (non-hydrogen) atoms. The number of fused-ring (bicyclic) bond motifs is 1. The number of nitrogens with zero attached hydrogens (tertiary/aromatic N) is 2. The number of aromatic nitrogens is 2. The molecule has 0 unspecified atom stereocenters. The fourth-order valence-electron chi connectivity index (χ4n) is 2.80. The van der Waals surface area contributed by atoms with E-state index < -0.39 is 0 Å². The molecule has 3 rings (SSSR count). The molecule has 1 amide bonds. The zero-order valence-corrected chi connectivity index (χ0v) is 12.6.